The van der Waals surface area contributed by atoms with Gasteiger partial charge in [0.25, 0.3) is 0 Å². The van der Waals surface area contributed by atoms with E-state index in [1.807, 2.05) is 30.3 Å². The van der Waals surface area contributed by atoms with E-state index in [1.54, 1.807) is 0 Å². The van der Waals surface area contributed by atoms with Crippen LogP contribution < -0.4 is 0 Å². The minimum atomic E-state index is -0.480. The largest absolute Gasteiger partial charge is 0.389 e. The number of benzene rings is 2. The van der Waals surface area contributed by atoms with Gasteiger partial charge in [-0.15, -0.1) is 0 Å². The van der Waals surface area contributed by atoms with Crippen molar-refractivity contribution >= 4 is 0 Å². The van der Waals surface area contributed by atoms with E-state index >= 15 is 0 Å². The summed E-state index contributed by atoms with van der Waals surface area (Å²) >= 11 is 0. The first kappa shape index (κ1) is 19.6. The summed E-state index contributed by atoms with van der Waals surface area (Å²) in [5.41, 5.74) is 3.75. The topological polar surface area (TPSA) is 32.7 Å². The van der Waals surface area contributed by atoms with E-state index in [0.717, 1.165) is 18.7 Å². The van der Waals surface area contributed by atoms with Gasteiger partial charge in [0.15, 0.2) is 0 Å². The fourth-order valence-corrected chi connectivity index (χ4v) is 2.99. The molecule has 1 N–H and O–H groups in total. The molecule has 2 rings (SSSR count). The highest BCUT2D eigenvalue weighted by atomic mass is 16.5. The number of rotatable bonds is 10. The SMILES string of the molecule is Cc1ccccc1CN(CC(C)C)C[C@@H](O)COCc1ccccc1. The van der Waals surface area contributed by atoms with E-state index in [2.05, 4.69) is 49.9 Å². The van der Waals surface area contributed by atoms with Gasteiger partial charge >= 0.3 is 0 Å². The molecule has 0 aliphatic heterocycles. The highest BCUT2D eigenvalue weighted by Gasteiger charge is 2.15. The highest BCUT2D eigenvalue weighted by molar-refractivity contribution is 5.25. The van der Waals surface area contributed by atoms with Crippen molar-refractivity contribution in [3.8, 4) is 0 Å². The number of nitrogens with zero attached hydrogens (tertiary/aromatic N) is 1. The van der Waals surface area contributed by atoms with Crippen LogP contribution in [0.25, 0.3) is 0 Å². The Morgan fingerprint density at radius 3 is 2.32 bits per heavy atom. The summed E-state index contributed by atoms with van der Waals surface area (Å²) in [7, 11) is 0. The van der Waals surface area contributed by atoms with E-state index in [0.29, 0.717) is 25.7 Å². The molecule has 2 aromatic rings. The summed E-state index contributed by atoms with van der Waals surface area (Å²) in [6, 6.07) is 18.5. The van der Waals surface area contributed by atoms with Crippen LogP contribution in [0.5, 0.6) is 0 Å². The first-order valence-electron chi connectivity index (χ1n) is 9.11. The van der Waals surface area contributed by atoms with E-state index in [4.69, 9.17) is 4.74 Å². The van der Waals surface area contributed by atoms with Crippen LogP contribution in [0.3, 0.4) is 0 Å². The third kappa shape index (κ3) is 7.39. The lowest BCUT2D eigenvalue weighted by atomic mass is 10.1. The van der Waals surface area contributed by atoms with Crippen molar-refractivity contribution in [1.29, 1.82) is 0 Å². The predicted molar refractivity (Wildman–Crippen MR) is 103 cm³/mol. The Bertz CT molecular complexity index is 612. The van der Waals surface area contributed by atoms with Crippen molar-refractivity contribution in [3.05, 3.63) is 71.3 Å². The number of hydrogen-bond donors (Lipinski definition) is 1. The van der Waals surface area contributed by atoms with Crippen molar-refractivity contribution in [2.45, 2.75) is 40.0 Å². The average Bonchev–Trinajstić information content (AvgIpc) is 2.57. The van der Waals surface area contributed by atoms with Crippen LogP contribution in [-0.2, 0) is 17.9 Å². The van der Waals surface area contributed by atoms with Gasteiger partial charge in [0.05, 0.1) is 19.3 Å². The number of aliphatic hydroxyl groups is 1. The van der Waals surface area contributed by atoms with Crippen LogP contribution in [0.4, 0.5) is 0 Å². The monoisotopic (exact) mass is 341 g/mol. The Kier molecular flexibility index (Phi) is 8.13. The summed E-state index contributed by atoms with van der Waals surface area (Å²) in [6.45, 7) is 9.91. The maximum Gasteiger partial charge on any atom is 0.0900 e. The van der Waals surface area contributed by atoms with Gasteiger partial charge in [-0.1, -0.05) is 68.4 Å². The maximum absolute atomic E-state index is 10.4. The molecule has 0 radical (unpaired) electrons. The van der Waals surface area contributed by atoms with Crippen molar-refractivity contribution < 1.29 is 9.84 Å². The second kappa shape index (κ2) is 10.3. The molecule has 0 saturated carbocycles. The van der Waals surface area contributed by atoms with Gasteiger partial charge in [0.1, 0.15) is 0 Å². The first-order valence-corrected chi connectivity index (χ1v) is 9.11. The molecule has 136 valence electrons. The lowest BCUT2D eigenvalue weighted by Gasteiger charge is -2.27. The Morgan fingerprint density at radius 2 is 1.64 bits per heavy atom. The summed E-state index contributed by atoms with van der Waals surface area (Å²) in [6.07, 6.45) is -0.480. The van der Waals surface area contributed by atoms with Crippen molar-refractivity contribution in [2.75, 3.05) is 19.7 Å². The Morgan fingerprint density at radius 1 is 0.960 bits per heavy atom. The molecule has 0 saturated heterocycles. The second-order valence-electron chi connectivity index (χ2n) is 7.17. The van der Waals surface area contributed by atoms with Crippen LogP contribution in [-0.4, -0.2) is 35.8 Å². The third-order valence-electron chi connectivity index (χ3n) is 4.17. The molecule has 3 nitrogen and oxygen atoms in total. The number of aryl methyl sites for hydroxylation is 1. The third-order valence-corrected chi connectivity index (χ3v) is 4.17. The fraction of sp³-hybridized carbons (Fsp3) is 0.455. The van der Waals surface area contributed by atoms with Gasteiger partial charge in [0, 0.05) is 19.6 Å². The number of aliphatic hydroxyl groups excluding tert-OH is 1. The summed E-state index contributed by atoms with van der Waals surface area (Å²) in [5, 5.41) is 10.4. The zero-order valence-electron chi connectivity index (χ0n) is 15.7. The molecule has 0 fully saturated rings. The molecule has 25 heavy (non-hydrogen) atoms. The molecule has 0 aliphatic carbocycles. The minimum absolute atomic E-state index is 0.358. The zero-order chi connectivity index (χ0) is 18.1. The van der Waals surface area contributed by atoms with Crippen LogP contribution in [0, 0.1) is 12.8 Å². The second-order valence-corrected chi connectivity index (χ2v) is 7.17. The van der Waals surface area contributed by atoms with Crippen LogP contribution in [0.2, 0.25) is 0 Å². The van der Waals surface area contributed by atoms with E-state index in [1.165, 1.54) is 11.1 Å². The average molecular weight is 341 g/mol. The molecule has 0 bridgehead atoms. The molecule has 0 heterocycles. The van der Waals surface area contributed by atoms with E-state index < -0.39 is 6.10 Å². The zero-order valence-corrected chi connectivity index (χ0v) is 15.7. The molecule has 0 aliphatic rings. The predicted octanol–water partition coefficient (Wildman–Crippen LogP) is 4.03. The minimum Gasteiger partial charge on any atom is -0.389 e. The molecule has 0 amide bonds. The molecule has 0 spiro atoms. The molecular weight excluding hydrogens is 310 g/mol. The Hall–Kier alpha value is -1.68. The molecular formula is C22H31NO2. The summed E-state index contributed by atoms with van der Waals surface area (Å²) < 4.78 is 5.68. The van der Waals surface area contributed by atoms with Crippen molar-refractivity contribution in [3.63, 3.8) is 0 Å². The Labute approximate surface area is 152 Å². The first-order chi connectivity index (χ1) is 12.0. The van der Waals surface area contributed by atoms with Crippen molar-refractivity contribution in [2.24, 2.45) is 5.92 Å². The molecule has 2 aromatic carbocycles. The van der Waals surface area contributed by atoms with Gasteiger partial charge in [-0.25, -0.2) is 0 Å². The lowest BCUT2D eigenvalue weighted by Crippen LogP contribution is -2.37. The van der Waals surface area contributed by atoms with Gasteiger partial charge < -0.3 is 9.84 Å². The maximum atomic E-state index is 10.4. The summed E-state index contributed by atoms with van der Waals surface area (Å²) in [4.78, 5) is 2.32. The Balaban J connectivity index is 1.84. The quantitative estimate of drug-likeness (QED) is 0.708. The van der Waals surface area contributed by atoms with Crippen LogP contribution >= 0.6 is 0 Å². The van der Waals surface area contributed by atoms with Gasteiger partial charge in [-0.05, 0) is 29.5 Å². The number of hydrogen-bond acceptors (Lipinski definition) is 3. The normalized spacial score (nSPS) is 12.7. The van der Waals surface area contributed by atoms with E-state index in [-0.39, 0.29) is 0 Å². The van der Waals surface area contributed by atoms with Crippen LogP contribution in [0.1, 0.15) is 30.5 Å². The highest BCUT2D eigenvalue weighted by Crippen LogP contribution is 2.13. The smallest absolute Gasteiger partial charge is 0.0900 e. The van der Waals surface area contributed by atoms with Gasteiger partial charge in [-0.3, -0.25) is 4.90 Å². The standard InChI is InChI=1S/C22H31NO2/c1-18(2)13-23(14-21-12-8-7-9-19(21)3)15-22(24)17-25-16-20-10-5-4-6-11-20/h4-12,18,22,24H,13-17H2,1-3H3/t22-/m1/s1. The van der Waals surface area contributed by atoms with Gasteiger partial charge in [0.2, 0.25) is 0 Å². The molecule has 0 aromatic heterocycles. The fourth-order valence-electron chi connectivity index (χ4n) is 2.99. The molecule has 3 heteroatoms. The van der Waals surface area contributed by atoms with E-state index in [9.17, 15) is 5.11 Å². The van der Waals surface area contributed by atoms with Crippen molar-refractivity contribution in [1.82, 2.24) is 4.90 Å². The lowest BCUT2D eigenvalue weighted by molar-refractivity contribution is 0.00675. The van der Waals surface area contributed by atoms with Crippen LogP contribution in [0.15, 0.2) is 54.6 Å². The number of ether oxygens (including phenoxy) is 1. The molecule has 0 unspecified atom stereocenters. The molecule has 1 atom stereocenters. The van der Waals surface area contributed by atoms with Gasteiger partial charge in [-0.2, -0.15) is 0 Å². The summed E-state index contributed by atoms with van der Waals surface area (Å²) in [5.74, 6) is 0.557.